The molecule has 1 atom stereocenters. The Morgan fingerprint density at radius 2 is 2.20 bits per heavy atom. The first-order valence-electron chi connectivity index (χ1n) is 8.64. The van der Waals surface area contributed by atoms with Crippen LogP contribution in [0, 0.1) is 19.8 Å². The average molecular weight is 342 g/mol. The van der Waals surface area contributed by atoms with E-state index in [1.54, 1.807) is 6.26 Å². The molecule has 8 nitrogen and oxygen atoms in total. The zero-order valence-electron chi connectivity index (χ0n) is 14.6. The predicted molar refractivity (Wildman–Crippen MR) is 89.5 cm³/mol. The molecule has 0 bridgehead atoms. The van der Waals surface area contributed by atoms with Crippen molar-refractivity contribution in [1.82, 2.24) is 29.8 Å². The highest BCUT2D eigenvalue weighted by atomic mass is 16.5. The second kappa shape index (κ2) is 6.79. The Morgan fingerprint density at radius 1 is 1.28 bits per heavy atom. The molecule has 3 aromatic heterocycles. The molecule has 0 radical (unpaired) electrons. The minimum absolute atomic E-state index is 0.502. The lowest BCUT2D eigenvalue weighted by Crippen LogP contribution is -2.37. The zero-order valence-corrected chi connectivity index (χ0v) is 14.6. The van der Waals surface area contributed by atoms with Crippen molar-refractivity contribution in [1.29, 1.82) is 0 Å². The molecule has 8 heteroatoms. The summed E-state index contributed by atoms with van der Waals surface area (Å²) in [6.07, 6.45) is 3.97. The summed E-state index contributed by atoms with van der Waals surface area (Å²) in [5, 5.41) is 8.48. The van der Waals surface area contributed by atoms with Gasteiger partial charge >= 0.3 is 0 Å². The summed E-state index contributed by atoms with van der Waals surface area (Å²) in [6.45, 7) is 7.56. The van der Waals surface area contributed by atoms with Crippen LogP contribution in [0.1, 0.15) is 30.4 Å². The molecule has 4 heterocycles. The van der Waals surface area contributed by atoms with Crippen LogP contribution >= 0.6 is 0 Å². The Hall–Kier alpha value is -2.48. The molecule has 1 aliphatic heterocycles. The van der Waals surface area contributed by atoms with Gasteiger partial charge in [-0.15, -0.1) is 0 Å². The molecule has 25 heavy (non-hydrogen) atoms. The molecule has 0 aliphatic carbocycles. The molecule has 1 fully saturated rings. The van der Waals surface area contributed by atoms with Gasteiger partial charge in [0.25, 0.3) is 0 Å². The topological polar surface area (TPSA) is 86.0 Å². The summed E-state index contributed by atoms with van der Waals surface area (Å²) in [4.78, 5) is 11.2. The third kappa shape index (κ3) is 3.63. The Morgan fingerprint density at radius 3 is 2.96 bits per heavy atom. The highest BCUT2D eigenvalue weighted by Crippen LogP contribution is 2.21. The van der Waals surface area contributed by atoms with Crippen molar-refractivity contribution < 1.29 is 8.94 Å². The van der Waals surface area contributed by atoms with Crippen LogP contribution in [0.3, 0.4) is 0 Å². The molecule has 0 aromatic carbocycles. The number of hydrogen-bond donors (Lipinski definition) is 0. The van der Waals surface area contributed by atoms with E-state index in [1.807, 2.05) is 30.7 Å². The highest BCUT2D eigenvalue weighted by Gasteiger charge is 2.23. The lowest BCUT2D eigenvalue weighted by atomic mass is 9.98. The van der Waals surface area contributed by atoms with Crippen molar-refractivity contribution in [3.8, 4) is 11.6 Å². The highest BCUT2D eigenvalue weighted by molar-refractivity contribution is 5.44. The molecule has 0 N–H and O–H groups in total. The van der Waals surface area contributed by atoms with Crippen molar-refractivity contribution >= 4 is 0 Å². The predicted octanol–water partition coefficient (Wildman–Crippen LogP) is 2.45. The summed E-state index contributed by atoms with van der Waals surface area (Å²) in [6, 6.07) is 3.64. The van der Waals surface area contributed by atoms with Gasteiger partial charge in [0.15, 0.2) is 5.76 Å². The Kier molecular flexibility index (Phi) is 4.35. The van der Waals surface area contributed by atoms with Crippen molar-refractivity contribution in [3.63, 3.8) is 0 Å². The van der Waals surface area contributed by atoms with E-state index in [-0.39, 0.29) is 0 Å². The quantitative estimate of drug-likeness (QED) is 0.704. The maximum absolute atomic E-state index is 5.38. The maximum atomic E-state index is 5.38. The molecule has 0 unspecified atom stereocenters. The second-order valence-electron chi connectivity index (χ2n) is 6.62. The van der Waals surface area contributed by atoms with Gasteiger partial charge < -0.3 is 8.94 Å². The molecule has 0 saturated carbocycles. The number of nitrogens with zero attached hydrogens (tertiary/aromatic N) is 6. The first-order chi connectivity index (χ1) is 12.2. The molecule has 132 valence electrons. The van der Waals surface area contributed by atoms with Crippen molar-refractivity contribution in [2.24, 2.45) is 5.92 Å². The van der Waals surface area contributed by atoms with E-state index >= 15 is 0 Å². The Labute approximate surface area is 145 Å². The fourth-order valence-corrected chi connectivity index (χ4v) is 3.44. The minimum atomic E-state index is 0.502. The molecule has 3 aromatic rings. The largest absolute Gasteiger partial charge is 0.461 e. The summed E-state index contributed by atoms with van der Waals surface area (Å²) < 4.78 is 12.7. The monoisotopic (exact) mass is 342 g/mol. The van der Waals surface area contributed by atoms with E-state index in [0.717, 1.165) is 37.7 Å². The van der Waals surface area contributed by atoms with Gasteiger partial charge in [-0.25, -0.2) is 9.67 Å². The number of aryl methyl sites for hydroxylation is 2. The van der Waals surface area contributed by atoms with Crippen LogP contribution in [0.2, 0.25) is 0 Å². The fourth-order valence-electron chi connectivity index (χ4n) is 3.44. The number of piperidine rings is 1. The van der Waals surface area contributed by atoms with Crippen LogP contribution in [-0.4, -0.2) is 42.9 Å². The summed E-state index contributed by atoms with van der Waals surface area (Å²) in [7, 11) is 0. The molecular weight excluding hydrogens is 320 g/mol. The molecule has 1 saturated heterocycles. The van der Waals surface area contributed by atoms with Crippen molar-refractivity contribution in [2.75, 3.05) is 13.1 Å². The standard InChI is InChI=1S/C17H22N6O2/c1-12-18-13(2)23(20-12)10-14-5-3-7-22(9-14)11-16-19-17(21-25-16)15-6-4-8-24-15/h4,6,8,14H,3,5,7,9-11H2,1-2H3/t14-/m1/s1. The van der Waals surface area contributed by atoms with Gasteiger partial charge in [0.2, 0.25) is 11.7 Å². The van der Waals surface area contributed by atoms with E-state index in [2.05, 4.69) is 25.1 Å². The van der Waals surface area contributed by atoms with Gasteiger partial charge in [-0.05, 0) is 51.3 Å². The van der Waals surface area contributed by atoms with Gasteiger partial charge in [0.05, 0.1) is 12.8 Å². The summed E-state index contributed by atoms with van der Waals surface area (Å²) in [5.41, 5.74) is 0. The van der Waals surface area contributed by atoms with Gasteiger partial charge in [0, 0.05) is 13.1 Å². The van der Waals surface area contributed by atoms with E-state index in [0.29, 0.717) is 29.9 Å². The maximum Gasteiger partial charge on any atom is 0.241 e. The Bertz CT molecular complexity index is 822. The number of furan rings is 1. The normalized spacial score (nSPS) is 18.7. The lowest BCUT2D eigenvalue weighted by molar-refractivity contribution is 0.138. The van der Waals surface area contributed by atoms with Crippen LogP contribution in [0.25, 0.3) is 11.6 Å². The smallest absolute Gasteiger partial charge is 0.241 e. The summed E-state index contributed by atoms with van der Waals surface area (Å²) in [5.74, 6) is 4.13. The third-order valence-electron chi connectivity index (χ3n) is 4.57. The van der Waals surface area contributed by atoms with E-state index in [9.17, 15) is 0 Å². The minimum Gasteiger partial charge on any atom is -0.461 e. The number of rotatable bonds is 5. The van der Waals surface area contributed by atoms with Crippen molar-refractivity contribution in [2.45, 2.75) is 39.8 Å². The number of likely N-dealkylation sites (tertiary alicyclic amines) is 1. The number of aromatic nitrogens is 5. The molecule has 0 amide bonds. The van der Waals surface area contributed by atoms with Gasteiger partial charge in [-0.3, -0.25) is 4.90 Å². The van der Waals surface area contributed by atoms with Gasteiger partial charge in [-0.1, -0.05) is 5.16 Å². The molecular formula is C17H22N6O2. The van der Waals surface area contributed by atoms with Crippen molar-refractivity contribution in [3.05, 3.63) is 35.9 Å². The van der Waals surface area contributed by atoms with E-state index < -0.39 is 0 Å². The first kappa shape index (κ1) is 16.0. The SMILES string of the molecule is Cc1nc(C)n(C[C@@H]2CCCN(Cc3nc(-c4ccco4)no3)C2)n1. The van der Waals surface area contributed by atoms with Crippen LogP contribution in [-0.2, 0) is 13.1 Å². The third-order valence-corrected chi connectivity index (χ3v) is 4.57. The van der Waals surface area contributed by atoms with Crippen LogP contribution < -0.4 is 0 Å². The van der Waals surface area contributed by atoms with E-state index in [4.69, 9.17) is 8.94 Å². The molecule has 0 spiro atoms. The average Bonchev–Trinajstić information content (AvgIpc) is 3.30. The zero-order chi connectivity index (χ0) is 17.2. The Balaban J connectivity index is 1.37. The van der Waals surface area contributed by atoms with Gasteiger partial charge in [0.1, 0.15) is 11.6 Å². The van der Waals surface area contributed by atoms with Crippen LogP contribution in [0.4, 0.5) is 0 Å². The molecule has 4 rings (SSSR count). The van der Waals surface area contributed by atoms with E-state index in [1.165, 1.54) is 6.42 Å². The van der Waals surface area contributed by atoms with Crippen LogP contribution in [0.5, 0.6) is 0 Å². The summed E-state index contributed by atoms with van der Waals surface area (Å²) >= 11 is 0. The van der Waals surface area contributed by atoms with Gasteiger partial charge in [-0.2, -0.15) is 10.1 Å². The molecule has 1 aliphatic rings. The first-order valence-corrected chi connectivity index (χ1v) is 8.64. The number of hydrogen-bond acceptors (Lipinski definition) is 7. The fraction of sp³-hybridized carbons (Fsp3) is 0.529. The lowest BCUT2D eigenvalue weighted by Gasteiger charge is -2.31. The second-order valence-corrected chi connectivity index (χ2v) is 6.62. The van der Waals surface area contributed by atoms with Crippen LogP contribution in [0.15, 0.2) is 27.3 Å².